The number of rotatable bonds is 3. The Bertz CT molecular complexity index is 923. The minimum absolute atomic E-state index is 0.0179. The predicted molar refractivity (Wildman–Crippen MR) is 109 cm³/mol. The third kappa shape index (κ3) is 3.58. The van der Waals surface area contributed by atoms with Crippen molar-refractivity contribution in [1.29, 1.82) is 0 Å². The van der Waals surface area contributed by atoms with Crippen LogP contribution in [0, 0.1) is 0 Å². The molecule has 0 spiro atoms. The summed E-state index contributed by atoms with van der Waals surface area (Å²) in [6.45, 7) is 4.89. The molecule has 3 aromatic rings. The van der Waals surface area contributed by atoms with Gasteiger partial charge in [-0.3, -0.25) is 4.79 Å². The Kier molecular flexibility index (Phi) is 4.40. The van der Waals surface area contributed by atoms with E-state index in [0.29, 0.717) is 11.7 Å². The zero-order valence-corrected chi connectivity index (χ0v) is 16.4. The number of pyridine rings is 1. The Balaban J connectivity index is 1.51. The largest absolute Gasteiger partial charge is 0.348 e. The third-order valence-electron chi connectivity index (χ3n) is 5.47. The van der Waals surface area contributed by atoms with Gasteiger partial charge in [0.15, 0.2) is 0 Å². The quantitative estimate of drug-likeness (QED) is 0.655. The van der Waals surface area contributed by atoms with Gasteiger partial charge in [0.1, 0.15) is 11.3 Å². The van der Waals surface area contributed by atoms with Crippen molar-refractivity contribution in [2.75, 3.05) is 0 Å². The van der Waals surface area contributed by atoms with Gasteiger partial charge in [-0.2, -0.15) is 0 Å². The summed E-state index contributed by atoms with van der Waals surface area (Å²) in [6, 6.07) is 18.9. The number of amides is 1. The molecule has 134 valence electrons. The average molecular weight is 364 g/mol. The van der Waals surface area contributed by atoms with Crippen LogP contribution in [0.3, 0.4) is 0 Å². The Morgan fingerprint density at radius 1 is 1.12 bits per heavy atom. The monoisotopic (exact) mass is 363 g/mol. The van der Waals surface area contributed by atoms with Gasteiger partial charge in [0.05, 0.1) is 5.69 Å². The van der Waals surface area contributed by atoms with E-state index >= 15 is 0 Å². The fourth-order valence-electron chi connectivity index (χ4n) is 3.70. The number of H-pyrrole nitrogens is 1. The first-order chi connectivity index (χ1) is 12.5. The molecule has 26 heavy (non-hydrogen) atoms. The van der Waals surface area contributed by atoms with Gasteiger partial charge >= 0.3 is 0 Å². The van der Waals surface area contributed by atoms with Crippen molar-refractivity contribution in [3.8, 4) is 11.3 Å². The minimum atomic E-state index is -0.997. The van der Waals surface area contributed by atoms with E-state index in [9.17, 15) is 4.79 Å². The Labute approximate surface area is 155 Å². The van der Waals surface area contributed by atoms with Crippen LogP contribution in [0.4, 0.5) is 0 Å². The standard InChI is InChI=1S/C21H25N3OSi/c1-26(2)12-10-17(11-13-26)22-21(25)19-14-16-8-9-18(23-20(16)24-19)15-6-4-3-5-7-15/h3-9,14,17H,10-13H2,1-2H3,(H,22,25)(H,23,24). The first kappa shape index (κ1) is 17.0. The molecule has 1 aliphatic rings. The first-order valence-electron chi connectivity index (χ1n) is 9.36. The molecule has 0 bridgehead atoms. The molecule has 2 aromatic heterocycles. The number of aromatic nitrogens is 2. The fourth-order valence-corrected chi connectivity index (χ4v) is 6.21. The van der Waals surface area contributed by atoms with Gasteiger partial charge in [-0.1, -0.05) is 55.5 Å². The number of benzene rings is 1. The molecule has 0 aliphatic carbocycles. The van der Waals surface area contributed by atoms with Crippen molar-refractivity contribution in [2.45, 2.75) is 44.1 Å². The number of nitrogens with one attached hydrogen (secondary N) is 2. The molecule has 1 aliphatic heterocycles. The fraction of sp³-hybridized carbons (Fsp3) is 0.333. The van der Waals surface area contributed by atoms with Crippen molar-refractivity contribution in [3.63, 3.8) is 0 Å². The second-order valence-corrected chi connectivity index (χ2v) is 13.4. The highest BCUT2D eigenvalue weighted by Gasteiger charge is 2.29. The van der Waals surface area contributed by atoms with E-state index in [-0.39, 0.29) is 5.91 Å². The van der Waals surface area contributed by atoms with Gasteiger partial charge in [-0.05, 0) is 31.0 Å². The second-order valence-electron chi connectivity index (χ2n) is 8.10. The number of hydrogen-bond donors (Lipinski definition) is 2. The van der Waals surface area contributed by atoms with E-state index in [0.717, 1.165) is 35.1 Å². The zero-order valence-electron chi connectivity index (χ0n) is 15.4. The lowest BCUT2D eigenvalue weighted by molar-refractivity contribution is 0.0929. The third-order valence-corrected chi connectivity index (χ3v) is 8.75. The summed E-state index contributed by atoms with van der Waals surface area (Å²) in [4.78, 5) is 20.5. The maximum atomic E-state index is 12.6. The van der Waals surface area contributed by atoms with Crippen LogP contribution < -0.4 is 5.32 Å². The molecule has 1 saturated heterocycles. The number of aromatic amines is 1. The van der Waals surface area contributed by atoms with Crippen LogP contribution in [0.5, 0.6) is 0 Å². The molecule has 1 aromatic carbocycles. The van der Waals surface area contributed by atoms with Gasteiger partial charge in [-0.25, -0.2) is 4.98 Å². The molecule has 4 nitrogen and oxygen atoms in total. The molecule has 0 saturated carbocycles. The van der Waals surface area contributed by atoms with E-state index in [4.69, 9.17) is 0 Å². The number of nitrogens with zero attached hydrogens (tertiary/aromatic N) is 1. The second kappa shape index (κ2) is 6.72. The van der Waals surface area contributed by atoms with E-state index in [1.807, 2.05) is 48.5 Å². The highest BCUT2D eigenvalue weighted by Crippen LogP contribution is 2.28. The van der Waals surface area contributed by atoms with Crippen LogP contribution in [-0.4, -0.2) is 30.0 Å². The van der Waals surface area contributed by atoms with Crippen LogP contribution in [0.25, 0.3) is 22.3 Å². The van der Waals surface area contributed by atoms with Crippen LogP contribution in [0.2, 0.25) is 25.2 Å². The van der Waals surface area contributed by atoms with Gasteiger partial charge in [-0.15, -0.1) is 0 Å². The Morgan fingerprint density at radius 2 is 1.85 bits per heavy atom. The van der Waals surface area contributed by atoms with E-state index < -0.39 is 8.07 Å². The number of hydrogen-bond acceptors (Lipinski definition) is 2. The maximum Gasteiger partial charge on any atom is 0.267 e. The van der Waals surface area contributed by atoms with Crippen molar-refractivity contribution in [2.24, 2.45) is 0 Å². The predicted octanol–water partition coefficient (Wildman–Crippen LogP) is 4.83. The lowest BCUT2D eigenvalue weighted by Gasteiger charge is -2.33. The van der Waals surface area contributed by atoms with Crippen LogP contribution in [-0.2, 0) is 0 Å². The lowest BCUT2D eigenvalue weighted by atomic mass is 10.1. The smallest absolute Gasteiger partial charge is 0.267 e. The van der Waals surface area contributed by atoms with Gasteiger partial charge in [0.25, 0.3) is 5.91 Å². The highest BCUT2D eigenvalue weighted by molar-refractivity contribution is 6.77. The van der Waals surface area contributed by atoms with Crippen LogP contribution in [0.1, 0.15) is 23.3 Å². The minimum Gasteiger partial charge on any atom is -0.348 e. The molecule has 0 unspecified atom stereocenters. The zero-order chi connectivity index (χ0) is 18.1. The van der Waals surface area contributed by atoms with E-state index in [1.165, 1.54) is 12.1 Å². The molecule has 5 heteroatoms. The summed E-state index contributed by atoms with van der Waals surface area (Å²) in [6.07, 6.45) is 2.23. The summed E-state index contributed by atoms with van der Waals surface area (Å²) in [5, 5.41) is 4.17. The van der Waals surface area contributed by atoms with Crippen molar-refractivity contribution in [3.05, 3.63) is 54.2 Å². The lowest BCUT2D eigenvalue weighted by Crippen LogP contribution is -2.42. The topological polar surface area (TPSA) is 57.8 Å². The summed E-state index contributed by atoms with van der Waals surface area (Å²) in [7, 11) is -0.997. The highest BCUT2D eigenvalue weighted by atomic mass is 28.3. The van der Waals surface area contributed by atoms with Crippen molar-refractivity contribution < 1.29 is 4.79 Å². The first-order valence-corrected chi connectivity index (χ1v) is 12.8. The Morgan fingerprint density at radius 3 is 2.58 bits per heavy atom. The molecule has 4 rings (SSSR count). The number of carbonyl (C=O) groups excluding carboxylic acids is 1. The van der Waals surface area contributed by atoms with E-state index in [2.05, 4.69) is 28.4 Å². The molecule has 0 radical (unpaired) electrons. The normalized spacial score (nSPS) is 17.3. The number of carbonyl (C=O) groups is 1. The van der Waals surface area contributed by atoms with Crippen molar-refractivity contribution in [1.82, 2.24) is 15.3 Å². The van der Waals surface area contributed by atoms with Crippen LogP contribution in [0.15, 0.2) is 48.5 Å². The summed E-state index contributed by atoms with van der Waals surface area (Å²) in [5.74, 6) is -0.0179. The molecule has 1 fully saturated rings. The molecular formula is C21H25N3OSi. The van der Waals surface area contributed by atoms with Gasteiger partial charge < -0.3 is 10.3 Å². The Hall–Kier alpha value is -2.40. The van der Waals surface area contributed by atoms with Crippen molar-refractivity contribution >= 4 is 25.0 Å². The number of fused-ring (bicyclic) bond motifs is 1. The van der Waals surface area contributed by atoms with Crippen LogP contribution >= 0.6 is 0 Å². The average Bonchev–Trinajstić information content (AvgIpc) is 3.07. The SMILES string of the molecule is C[Si]1(C)CCC(NC(=O)c2cc3ccc(-c4ccccc4)nc3[nH]2)CC1. The molecule has 0 atom stereocenters. The van der Waals surface area contributed by atoms with E-state index in [1.54, 1.807) is 0 Å². The maximum absolute atomic E-state index is 12.6. The molecular weight excluding hydrogens is 338 g/mol. The molecule has 2 N–H and O–H groups in total. The summed E-state index contributed by atoms with van der Waals surface area (Å²) < 4.78 is 0. The molecule has 3 heterocycles. The van der Waals surface area contributed by atoms with Gasteiger partial charge in [0.2, 0.25) is 0 Å². The summed E-state index contributed by atoms with van der Waals surface area (Å²) >= 11 is 0. The summed E-state index contributed by atoms with van der Waals surface area (Å²) in [5.41, 5.74) is 3.34. The molecule has 1 amide bonds. The van der Waals surface area contributed by atoms with Gasteiger partial charge in [0, 0.05) is 25.1 Å².